The fraction of sp³-hybridized carbons (Fsp3) is 0.440. The van der Waals surface area contributed by atoms with E-state index in [1.807, 2.05) is 61.5 Å². The Bertz CT molecular complexity index is 926. The minimum Gasteiger partial charge on any atom is -0.507 e. The lowest BCUT2D eigenvalue weighted by Crippen LogP contribution is -2.18. The SMILES string of the molecule is Cc1cc(C)c(C)c(C(=O)COC(=O)c2cc(C(C)C)cc(C(C)C)c2O)c1C. The van der Waals surface area contributed by atoms with Gasteiger partial charge in [0.05, 0.1) is 0 Å². The topological polar surface area (TPSA) is 63.6 Å². The molecule has 2 rings (SSSR count). The third-order valence-electron chi connectivity index (χ3n) is 5.65. The van der Waals surface area contributed by atoms with Crippen LogP contribution in [-0.2, 0) is 4.74 Å². The molecule has 0 bridgehead atoms. The van der Waals surface area contributed by atoms with Gasteiger partial charge in [-0.2, -0.15) is 0 Å². The summed E-state index contributed by atoms with van der Waals surface area (Å²) in [6.45, 7) is 15.4. The summed E-state index contributed by atoms with van der Waals surface area (Å²) in [5.74, 6) is -0.728. The third kappa shape index (κ3) is 4.69. The highest BCUT2D eigenvalue weighted by Gasteiger charge is 2.22. The van der Waals surface area contributed by atoms with Crippen molar-refractivity contribution in [3.05, 3.63) is 62.7 Å². The zero-order valence-corrected chi connectivity index (χ0v) is 18.8. The molecule has 4 nitrogen and oxygen atoms in total. The molecule has 0 aromatic heterocycles. The third-order valence-corrected chi connectivity index (χ3v) is 5.65. The molecule has 0 aliphatic rings. The first-order valence-electron chi connectivity index (χ1n) is 10.1. The average Bonchev–Trinajstić information content (AvgIpc) is 2.64. The molecular weight excluding hydrogens is 364 g/mol. The van der Waals surface area contributed by atoms with Gasteiger partial charge in [-0.1, -0.05) is 39.8 Å². The Morgan fingerprint density at radius 3 is 1.93 bits per heavy atom. The van der Waals surface area contributed by atoms with Crippen LogP contribution in [0.2, 0.25) is 0 Å². The van der Waals surface area contributed by atoms with Crippen LogP contribution >= 0.6 is 0 Å². The maximum Gasteiger partial charge on any atom is 0.342 e. The first-order valence-corrected chi connectivity index (χ1v) is 10.1. The van der Waals surface area contributed by atoms with Crippen molar-refractivity contribution in [2.45, 2.75) is 67.2 Å². The van der Waals surface area contributed by atoms with Crippen LogP contribution in [-0.4, -0.2) is 23.5 Å². The van der Waals surface area contributed by atoms with Crippen LogP contribution in [0.3, 0.4) is 0 Å². The number of aromatic hydroxyl groups is 1. The quantitative estimate of drug-likeness (QED) is 0.487. The normalized spacial score (nSPS) is 11.2. The van der Waals surface area contributed by atoms with Crippen LogP contribution in [0.15, 0.2) is 18.2 Å². The smallest absolute Gasteiger partial charge is 0.342 e. The van der Waals surface area contributed by atoms with Crippen molar-refractivity contribution in [3.63, 3.8) is 0 Å². The van der Waals surface area contributed by atoms with Crippen LogP contribution in [0.5, 0.6) is 5.75 Å². The summed E-state index contributed by atoms with van der Waals surface area (Å²) in [4.78, 5) is 25.5. The Morgan fingerprint density at radius 2 is 1.45 bits per heavy atom. The molecule has 4 heteroatoms. The summed E-state index contributed by atoms with van der Waals surface area (Å²) in [7, 11) is 0. The van der Waals surface area contributed by atoms with Crippen molar-refractivity contribution >= 4 is 11.8 Å². The van der Waals surface area contributed by atoms with E-state index >= 15 is 0 Å². The molecule has 156 valence electrons. The molecule has 0 fully saturated rings. The number of phenolic OH excluding ortho intramolecular Hbond substituents is 1. The second-order valence-corrected chi connectivity index (χ2v) is 8.45. The number of carbonyl (C=O) groups excluding carboxylic acids is 2. The number of hydrogen-bond donors (Lipinski definition) is 1. The molecule has 2 aromatic rings. The van der Waals surface area contributed by atoms with E-state index in [-0.39, 0.29) is 35.5 Å². The van der Waals surface area contributed by atoms with Crippen LogP contribution in [0, 0.1) is 27.7 Å². The number of phenols is 1. The standard InChI is InChI=1S/C25H32O4/c1-13(2)19-10-20(14(3)4)24(27)21(11-19)25(28)29-12-22(26)23-17(7)15(5)9-16(6)18(23)8/h9-11,13-14,27H,12H2,1-8H3. The molecule has 2 aromatic carbocycles. The molecular formula is C25H32O4. The predicted molar refractivity (Wildman–Crippen MR) is 116 cm³/mol. The number of Topliss-reactive ketones (excluding diaryl/α,β-unsaturated/α-hetero) is 1. The molecule has 1 N–H and O–H groups in total. The molecule has 0 unspecified atom stereocenters. The van der Waals surface area contributed by atoms with Gasteiger partial charge in [-0.15, -0.1) is 0 Å². The lowest BCUT2D eigenvalue weighted by atomic mass is 9.91. The highest BCUT2D eigenvalue weighted by Crippen LogP contribution is 2.33. The van der Waals surface area contributed by atoms with Gasteiger partial charge in [0.25, 0.3) is 0 Å². The summed E-state index contributed by atoms with van der Waals surface area (Å²) in [6.07, 6.45) is 0. The number of carbonyl (C=O) groups is 2. The van der Waals surface area contributed by atoms with E-state index in [4.69, 9.17) is 4.74 Å². The Balaban J connectivity index is 2.32. The number of aryl methyl sites for hydroxylation is 2. The first-order chi connectivity index (χ1) is 13.5. The van der Waals surface area contributed by atoms with Crippen molar-refractivity contribution in [2.75, 3.05) is 6.61 Å². The van der Waals surface area contributed by atoms with E-state index in [2.05, 4.69) is 6.07 Å². The number of hydrogen-bond acceptors (Lipinski definition) is 4. The molecule has 0 spiro atoms. The van der Waals surface area contributed by atoms with E-state index in [1.165, 1.54) is 0 Å². The van der Waals surface area contributed by atoms with Crippen molar-refractivity contribution in [1.29, 1.82) is 0 Å². The lowest BCUT2D eigenvalue weighted by molar-refractivity contribution is 0.0471. The summed E-state index contributed by atoms with van der Waals surface area (Å²) >= 11 is 0. The minimum absolute atomic E-state index is 0.0578. The zero-order chi connectivity index (χ0) is 22.0. The second kappa shape index (κ2) is 8.81. The average molecular weight is 397 g/mol. The fourth-order valence-electron chi connectivity index (χ4n) is 3.53. The van der Waals surface area contributed by atoms with Crippen LogP contribution in [0.25, 0.3) is 0 Å². The Kier molecular flexibility index (Phi) is 6.89. The molecule has 0 atom stereocenters. The molecule has 0 aliphatic heterocycles. The van der Waals surface area contributed by atoms with E-state index in [0.717, 1.165) is 27.8 Å². The minimum atomic E-state index is -0.681. The summed E-state index contributed by atoms with van der Waals surface area (Å²) in [6, 6.07) is 5.64. The highest BCUT2D eigenvalue weighted by molar-refractivity contribution is 6.02. The first kappa shape index (κ1) is 22.7. The van der Waals surface area contributed by atoms with Crippen molar-refractivity contribution in [1.82, 2.24) is 0 Å². The zero-order valence-electron chi connectivity index (χ0n) is 18.8. The molecule has 0 amide bonds. The van der Waals surface area contributed by atoms with E-state index in [0.29, 0.717) is 11.1 Å². The van der Waals surface area contributed by atoms with Crippen molar-refractivity contribution in [2.24, 2.45) is 0 Å². The molecule has 0 aliphatic carbocycles. The maximum atomic E-state index is 12.8. The Hall–Kier alpha value is -2.62. The molecule has 0 saturated heterocycles. The van der Waals surface area contributed by atoms with E-state index < -0.39 is 5.97 Å². The number of esters is 1. The van der Waals surface area contributed by atoms with Crippen LogP contribution in [0.1, 0.15) is 93.6 Å². The van der Waals surface area contributed by atoms with E-state index in [1.54, 1.807) is 6.07 Å². The van der Waals surface area contributed by atoms with Gasteiger partial charge >= 0.3 is 5.97 Å². The van der Waals surface area contributed by atoms with Gasteiger partial charge in [-0.05, 0) is 79.0 Å². The van der Waals surface area contributed by atoms with Gasteiger partial charge in [0.15, 0.2) is 6.61 Å². The summed E-state index contributed by atoms with van der Waals surface area (Å²) in [5.41, 5.74) is 6.25. The largest absolute Gasteiger partial charge is 0.507 e. The second-order valence-electron chi connectivity index (χ2n) is 8.45. The Morgan fingerprint density at radius 1 is 0.897 bits per heavy atom. The van der Waals surface area contributed by atoms with Crippen molar-refractivity contribution < 1.29 is 19.4 Å². The molecule has 0 heterocycles. The maximum absolute atomic E-state index is 12.8. The number of rotatable bonds is 6. The molecule has 0 radical (unpaired) electrons. The molecule has 0 saturated carbocycles. The van der Waals surface area contributed by atoms with Crippen LogP contribution < -0.4 is 0 Å². The highest BCUT2D eigenvalue weighted by atomic mass is 16.5. The monoisotopic (exact) mass is 396 g/mol. The van der Waals surface area contributed by atoms with Gasteiger partial charge in [0.2, 0.25) is 5.78 Å². The van der Waals surface area contributed by atoms with E-state index in [9.17, 15) is 14.7 Å². The lowest BCUT2D eigenvalue weighted by Gasteiger charge is -2.17. The fourth-order valence-corrected chi connectivity index (χ4v) is 3.53. The van der Waals surface area contributed by atoms with Gasteiger partial charge in [-0.25, -0.2) is 4.79 Å². The van der Waals surface area contributed by atoms with Gasteiger partial charge < -0.3 is 9.84 Å². The van der Waals surface area contributed by atoms with Gasteiger partial charge in [0, 0.05) is 5.56 Å². The van der Waals surface area contributed by atoms with Crippen molar-refractivity contribution in [3.8, 4) is 5.75 Å². The predicted octanol–water partition coefficient (Wildman–Crippen LogP) is 5.91. The number of ether oxygens (including phenoxy) is 1. The number of benzene rings is 2. The Labute approximate surface area is 173 Å². The summed E-state index contributed by atoms with van der Waals surface area (Å²) in [5, 5.41) is 10.6. The van der Waals surface area contributed by atoms with Gasteiger partial charge in [-0.3, -0.25) is 4.79 Å². The van der Waals surface area contributed by atoms with Gasteiger partial charge in [0.1, 0.15) is 11.3 Å². The molecule has 29 heavy (non-hydrogen) atoms. The number of ketones is 1. The summed E-state index contributed by atoms with van der Waals surface area (Å²) < 4.78 is 5.34. The van der Waals surface area contributed by atoms with Crippen LogP contribution in [0.4, 0.5) is 0 Å².